The number of aliphatic hydroxyl groups is 1. The van der Waals surface area contributed by atoms with Crippen LogP contribution in [0.5, 0.6) is 0 Å². The lowest BCUT2D eigenvalue weighted by atomic mass is 10.3. The van der Waals surface area contributed by atoms with E-state index in [4.69, 9.17) is 10.8 Å². The molecule has 1 unspecified atom stereocenters. The van der Waals surface area contributed by atoms with Crippen LogP contribution >= 0.6 is 12.6 Å². The molecule has 0 radical (unpaired) electrons. The summed E-state index contributed by atoms with van der Waals surface area (Å²) in [5.41, 5.74) is 5.02. The lowest BCUT2D eigenvalue weighted by molar-refractivity contribution is -0.118. The van der Waals surface area contributed by atoms with Crippen LogP contribution in [0.2, 0.25) is 0 Å². The van der Waals surface area contributed by atoms with Gasteiger partial charge in [0, 0.05) is 0 Å². The van der Waals surface area contributed by atoms with Gasteiger partial charge in [0.15, 0.2) is 0 Å². The van der Waals surface area contributed by atoms with Crippen molar-refractivity contribution in [2.75, 3.05) is 6.54 Å². The Kier molecular flexibility index (Phi) is 3.85. The number of aliphatic hydroxyl groups excluding tert-OH is 1. The number of rotatable bonds is 3. The molecule has 3 nitrogen and oxygen atoms in total. The molecule has 0 bridgehead atoms. The molecular formula is C4H9NO2S. The fourth-order valence-corrected chi connectivity index (χ4v) is 0.410. The maximum absolute atomic E-state index is 10.1. The van der Waals surface area contributed by atoms with E-state index in [2.05, 4.69) is 12.6 Å². The summed E-state index contributed by atoms with van der Waals surface area (Å²) in [6.07, 6.45) is -0.689. The molecule has 0 aliphatic rings. The maximum Gasteiger partial charge on any atom is 0.214 e. The molecule has 0 aromatic carbocycles. The molecule has 4 heteroatoms. The van der Waals surface area contributed by atoms with Gasteiger partial charge in [0.05, 0.1) is 0 Å². The lowest BCUT2D eigenvalue weighted by Crippen LogP contribution is -2.19. The molecule has 48 valence electrons. The zero-order chi connectivity index (χ0) is 6.57. The van der Waals surface area contributed by atoms with E-state index in [1.165, 1.54) is 0 Å². The zero-order valence-corrected chi connectivity index (χ0v) is 5.27. The minimum atomic E-state index is -0.983. The van der Waals surface area contributed by atoms with Crippen molar-refractivity contribution in [3.05, 3.63) is 0 Å². The second-order valence-electron chi connectivity index (χ2n) is 1.43. The van der Waals surface area contributed by atoms with Gasteiger partial charge in [-0.25, -0.2) is 0 Å². The highest BCUT2D eigenvalue weighted by molar-refractivity contribution is 7.96. The monoisotopic (exact) mass is 135 g/mol. The Bertz CT molecular complexity index is 86.1. The summed E-state index contributed by atoms with van der Waals surface area (Å²) in [4.78, 5) is 10.1. The van der Waals surface area contributed by atoms with E-state index in [0.717, 1.165) is 0 Å². The molecule has 0 heterocycles. The second kappa shape index (κ2) is 3.88. The van der Waals surface area contributed by atoms with E-state index in [1.807, 2.05) is 0 Å². The second-order valence-corrected chi connectivity index (χ2v) is 1.87. The molecule has 0 saturated heterocycles. The van der Waals surface area contributed by atoms with Crippen LogP contribution in [0, 0.1) is 0 Å². The average molecular weight is 135 g/mol. The molecule has 0 aliphatic carbocycles. The third-order valence-electron chi connectivity index (χ3n) is 0.725. The number of carbonyl (C=O) groups is 1. The van der Waals surface area contributed by atoms with Crippen LogP contribution in [0.25, 0.3) is 0 Å². The molecule has 0 saturated carbocycles. The highest BCUT2D eigenvalue weighted by atomic mass is 32.1. The fraction of sp³-hybridized carbons (Fsp3) is 0.750. The molecule has 3 N–H and O–H groups in total. The van der Waals surface area contributed by atoms with Gasteiger partial charge in [-0.1, -0.05) is 0 Å². The van der Waals surface area contributed by atoms with Crippen molar-refractivity contribution in [2.24, 2.45) is 5.73 Å². The van der Waals surface area contributed by atoms with E-state index in [9.17, 15) is 4.79 Å². The first kappa shape index (κ1) is 7.94. The molecule has 0 fully saturated rings. The molecule has 0 aromatic rings. The largest absolute Gasteiger partial charge is 0.384 e. The van der Waals surface area contributed by atoms with E-state index in [-0.39, 0.29) is 0 Å². The number of thiol groups is 1. The number of carbonyl (C=O) groups excluding carboxylic acids is 1. The molecule has 0 rings (SSSR count). The summed E-state index contributed by atoms with van der Waals surface area (Å²) in [5.74, 6) is 0. The third kappa shape index (κ3) is 3.01. The Morgan fingerprint density at radius 3 is 2.50 bits per heavy atom. The van der Waals surface area contributed by atoms with Crippen LogP contribution < -0.4 is 5.73 Å². The summed E-state index contributed by atoms with van der Waals surface area (Å²) < 4.78 is 0. The van der Waals surface area contributed by atoms with Gasteiger partial charge in [0.1, 0.15) is 6.10 Å². The van der Waals surface area contributed by atoms with Crippen LogP contribution in [0.4, 0.5) is 0 Å². The van der Waals surface area contributed by atoms with Crippen molar-refractivity contribution in [3.63, 3.8) is 0 Å². The number of hydrogen-bond donors (Lipinski definition) is 3. The fourth-order valence-electron chi connectivity index (χ4n) is 0.281. The molecule has 0 spiro atoms. The van der Waals surface area contributed by atoms with E-state index in [1.54, 1.807) is 0 Å². The summed E-state index contributed by atoms with van der Waals surface area (Å²) in [5, 5.41) is 8.10. The Hall–Kier alpha value is -0.0600. The molecule has 0 aliphatic heterocycles. The normalized spacial score (nSPS) is 13.4. The van der Waals surface area contributed by atoms with Crippen molar-refractivity contribution in [3.8, 4) is 0 Å². The van der Waals surface area contributed by atoms with E-state index >= 15 is 0 Å². The van der Waals surface area contributed by atoms with Gasteiger partial charge in [0.2, 0.25) is 5.12 Å². The first-order valence-electron chi connectivity index (χ1n) is 2.29. The standard InChI is InChI=1S/C4H9NO2S/c5-2-1-3(6)4(7)8/h3,6H,1-2,5H2,(H,7,8). The summed E-state index contributed by atoms with van der Waals surface area (Å²) in [6, 6.07) is 0. The Labute approximate surface area is 53.3 Å². The quantitative estimate of drug-likeness (QED) is 0.442. The van der Waals surface area contributed by atoms with Crippen molar-refractivity contribution in [1.82, 2.24) is 0 Å². The zero-order valence-electron chi connectivity index (χ0n) is 4.37. The van der Waals surface area contributed by atoms with Crippen LogP contribution in [-0.2, 0) is 4.79 Å². The predicted molar refractivity (Wildman–Crippen MR) is 33.7 cm³/mol. The summed E-state index contributed by atoms with van der Waals surface area (Å²) >= 11 is 3.38. The first-order valence-corrected chi connectivity index (χ1v) is 2.74. The minimum absolute atomic E-state index is 0.294. The van der Waals surface area contributed by atoms with E-state index in [0.29, 0.717) is 13.0 Å². The van der Waals surface area contributed by atoms with Gasteiger partial charge in [-0.15, -0.1) is 12.6 Å². The Morgan fingerprint density at radius 1 is 1.88 bits per heavy atom. The molecule has 0 amide bonds. The Morgan fingerprint density at radius 2 is 2.38 bits per heavy atom. The van der Waals surface area contributed by atoms with Crippen LogP contribution in [0.1, 0.15) is 6.42 Å². The number of hydrogen-bond acceptors (Lipinski definition) is 3. The first-order chi connectivity index (χ1) is 3.68. The smallest absolute Gasteiger partial charge is 0.214 e. The SMILES string of the molecule is NCCC(O)C(=O)S. The van der Waals surface area contributed by atoms with E-state index < -0.39 is 11.2 Å². The van der Waals surface area contributed by atoms with Gasteiger partial charge < -0.3 is 10.8 Å². The van der Waals surface area contributed by atoms with Crippen molar-refractivity contribution >= 4 is 17.7 Å². The van der Waals surface area contributed by atoms with Crippen LogP contribution in [-0.4, -0.2) is 22.9 Å². The van der Waals surface area contributed by atoms with Crippen molar-refractivity contribution < 1.29 is 9.90 Å². The van der Waals surface area contributed by atoms with Gasteiger partial charge in [-0.3, -0.25) is 4.79 Å². The van der Waals surface area contributed by atoms with Crippen molar-refractivity contribution in [1.29, 1.82) is 0 Å². The molecular weight excluding hydrogens is 126 g/mol. The maximum atomic E-state index is 10.1. The topological polar surface area (TPSA) is 63.3 Å². The van der Waals surface area contributed by atoms with Crippen LogP contribution in [0.3, 0.4) is 0 Å². The van der Waals surface area contributed by atoms with Crippen molar-refractivity contribution in [2.45, 2.75) is 12.5 Å². The summed E-state index contributed by atoms with van der Waals surface area (Å²) in [7, 11) is 0. The highest BCUT2D eigenvalue weighted by Gasteiger charge is 2.07. The minimum Gasteiger partial charge on any atom is -0.384 e. The molecule has 8 heavy (non-hydrogen) atoms. The average Bonchev–Trinajstić information content (AvgIpc) is 1.67. The Balaban J connectivity index is 3.32. The third-order valence-corrected chi connectivity index (χ3v) is 1.02. The summed E-state index contributed by atoms with van der Waals surface area (Å²) in [6.45, 7) is 0.313. The lowest BCUT2D eigenvalue weighted by Gasteiger charge is -2.00. The predicted octanol–water partition coefficient (Wildman–Crippen LogP) is -0.847. The van der Waals surface area contributed by atoms with Gasteiger partial charge in [-0.05, 0) is 13.0 Å². The van der Waals surface area contributed by atoms with Crippen LogP contribution in [0.15, 0.2) is 0 Å². The number of nitrogens with two attached hydrogens (primary N) is 1. The van der Waals surface area contributed by atoms with Gasteiger partial charge in [0.25, 0.3) is 0 Å². The van der Waals surface area contributed by atoms with Gasteiger partial charge >= 0.3 is 0 Å². The highest BCUT2D eigenvalue weighted by Crippen LogP contribution is 1.92. The van der Waals surface area contributed by atoms with Gasteiger partial charge in [-0.2, -0.15) is 0 Å². The molecule has 1 atom stereocenters. The molecule has 0 aromatic heterocycles.